The number of nitrogens with zero attached hydrogens (tertiary/aromatic N) is 2. The normalized spacial score (nSPS) is 10.5. The summed E-state index contributed by atoms with van der Waals surface area (Å²) >= 11 is 0. The van der Waals surface area contributed by atoms with Crippen LogP contribution in [0.3, 0.4) is 0 Å². The fourth-order valence-corrected chi connectivity index (χ4v) is 3.14. The van der Waals surface area contributed by atoms with Crippen molar-refractivity contribution < 1.29 is 9.53 Å². The molecule has 0 aliphatic heterocycles. The minimum absolute atomic E-state index is 0.267. The van der Waals surface area contributed by atoms with E-state index in [-0.39, 0.29) is 11.6 Å². The molecule has 0 spiro atoms. The van der Waals surface area contributed by atoms with Crippen LogP contribution in [-0.4, -0.2) is 23.0 Å². The van der Waals surface area contributed by atoms with E-state index in [1.807, 2.05) is 39.0 Å². The van der Waals surface area contributed by atoms with Crippen LogP contribution in [0.1, 0.15) is 32.7 Å². The summed E-state index contributed by atoms with van der Waals surface area (Å²) < 4.78 is 5.32. The molecule has 144 valence electrons. The van der Waals surface area contributed by atoms with Gasteiger partial charge < -0.3 is 15.4 Å². The Kier molecular flexibility index (Phi) is 5.59. The van der Waals surface area contributed by atoms with E-state index in [9.17, 15) is 4.79 Å². The molecule has 1 amide bonds. The molecule has 0 unspecified atom stereocenters. The highest BCUT2D eigenvalue weighted by Gasteiger charge is 2.13. The Hall–Kier alpha value is -3.41. The van der Waals surface area contributed by atoms with Crippen molar-refractivity contribution in [1.82, 2.24) is 9.97 Å². The van der Waals surface area contributed by atoms with E-state index in [1.54, 1.807) is 19.4 Å². The molecule has 3 rings (SSSR count). The predicted molar refractivity (Wildman–Crippen MR) is 112 cm³/mol. The topological polar surface area (TPSA) is 76.1 Å². The predicted octanol–water partition coefficient (Wildman–Crippen LogP) is 4.71. The zero-order valence-corrected chi connectivity index (χ0v) is 16.8. The number of ether oxygens (including phenoxy) is 1. The number of amides is 1. The van der Waals surface area contributed by atoms with Gasteiger partial charge in [0, 0.05) is 11.9 Å². The van der Waals surface area contributed by atoms with Crippen LogP contribution in [0.25, 0.3) is 0 Å². The van der Waals surface area contributed by atoms with Gasteiger partial charge in [-0.1, -0.05) is 23.8 Å². The molecule has 28 heavy (non-hydrogen) atoms. The van der Waals surface area contributed by atoms with Crippen LogP contribution in [0, 0.1) is 27.7 Å². The quantitative estimate of drug-likeness (QED) is 0.674. The molecule has 2 N–H and O–H groups in total. The number of rotatable bonds is 5. The Bertz CT molecular complexity index is 1010. The number of methoxy groups -OCH3 is 1. The Morgan fingerprint density at radius 2 is 1.68 bits per heavy atom. The zero-order chi connectivity index (χ0) is 20.3. The largest absolute Gasteiger partial charge is 0.495 e. The Morgan fingerprint density at radius 1 is 0.964 bits per heavy atom. The number of aromatic nitrogens is 2. The van der Waals surface area contributed by atoms with Gasteiger partial charge in [-0.2, -0.15) is 0 Å². The lowest BCUT2D eigenvalue weighted by molar-refractivity contribution is 0.102. The fraction of sp³-hybridized carbons (Fsp3) is 0.227. The average Bonchev–Trinajstić information content (AvgIpc) is 2.65. The maximum absolute atomic E-state index is 12.7. The van der Waals surface area contributed by atoms with Gasteiger partial charge in [-0.05, 0) is 62.6 Å². The van der Waals surface area contributed by atoms with Crippen LogP contribution in [0.15, 0.2) is 42.6 Å². The number of benzene rings is 2. The number of hydrogen-bond donors (Lipinski definition) is 2. The van der Waals surface area contributed by atoms with Crippen LogP contribution in [0.2, 0.25) is 0 Å². The van der Waals surface area contributed by atoms with E-state index in [1.165, 1.54) is 5.56 Å². The molecule has 1 aromatic heterocycles. The maximum atomic E-state index is 12.7. The first kappa shape index (κ1) is 19.4. The van der Waals surface area contributed by atoms with E-state index in [0.717, 1.165) is 22.4 Å². The summed E-state index contributed by atoms with van der Waals surface area (Å²) in [6.45, 7) is 8.07. The molecule has 0 aliphatic carbocycles. The minimum Gasteiger partial charge on any atom is -0.495 e. The van der Waals surface area contributed by atoms with Crippen molar-refractivity contribution in [3.63, 3.8) is 0 Å². The smallest absolute Gasteiger partial charge is 0.274 e. The molecule has 0 saturated heterocycles. The van der Waals surface area contributed by atoms with Crippen LogP contribution in [0.4, 0.5) is 17.3 Å². The lowest BCUT2D eigenvalue weighted by Crippen LogP contribution is -2.15. The van der Waals surface area contributed by atoms with Crippen molar-refractivity contribution in [2.24, 2.45) is 0 Å². The summed E-state index contributed by atoms with van der Waals surface area (Å²) in [5, 5.41) is 6.09. The van der Waals surface area contributed by atoms with Gasteiger partial charge in [0.1, 0.15) is 11.4 Å². The Labute approximate surface area is 165 Å². The van der Waals surface area contributed by atoms with Crippen LogP contribution < -0.4 is 15.4 Å². The number of aryl methyl sites for hydroxylation is 4. The Morgan fingerprint density at radius 3 is 2.36 bits per heavy atom. The molecular weight excluding hydrogens is 352 g/mol. The van der Waals surface area contributed by atoms with E-state index < -0.39 is 0 Å². The van der Waals surface area contributed by atoms with Crippen molar-refractivity contribution in [3.8, 4) is 5.75 Å². The van der Waals surface area contributed by atoms with Crippen molar-refractivity contribution in [1.29, 1.82) is 0 Å². The summed E-state index contributed by atoms with van der Waals surface area (Å²) in [6, 6.07) is 11.4. The molecule has 0 atom stereocenters. The van der Waals surface area contributed by atoms with Gasteiger partial charge in [0.15, 0.2) is 0 Å². The monoisotopic (exact) mass is 376 g/mol. The van der Waals surface area contributed by atoms with E-state index in [2.05, 4.69) is 39.7 Å². The highest BCUT2D eigenvalue weighted by atomic mass is 16.5. The first-order valence-electron chi connectivity index (χ1n) is 9.01. The highest BCUT2D eigenvalue weighted by Crippen LogP contribution is 2.26. The second-order valence-electron chi connectivity index (χ2n) is 6.82. The zero-order valence-electron chi connectivity index (χ0n) is 16.8. The van der Waals surface area contributed by atoms with Crippen molar-refractivity contribution in [3.05, 3.63) is 70.5 Å². The van der Waals surface area contributed by atoms with Crippen LogP contribution >= 0.6 is 0 Å². The number of carbonyl (C=O) groups is 1. The molecule has 0 radical (unpaired) electrons. The second-order valence-corrected chi connectivity index (χ2v) is 6.82. The number of nitrogens with one attached hydrogen (secondary N) is 2. The summed E-state index contributed by atoms with van der Waals surface area (Å²) in [4.78, 5) is 21.3. The molecule has 3 aromatic rings. The number of hydrogen-bond acceptors (Lipinski definition) is 5. The molecule has 0 saturated carbocycles. The summed E-state index contributed by atoms with van der Waals surface area (Å²) in [7, 11) is 1.57. The lowest BCUT2D eigenvalue weighted by atomic mass is 10.1. The molecule has 1 heterocycles. The molecule has 6 heteroatoms. The third-order valence-electron chi connectivity index (χ3n) is 4.41. The summed E-state index contributed by atoms with van der Waals surface area (Å²) in [5.74, 6) is 0.642. The molecule has 6 nitrogen and oxygen atoms in total. The summed E-state index contributed by atoms with van der Waals surface area (Å²) in [6.07, 6.45) is 1.57. The lowest BCUT2D eigenvalue weighted by Gasteiger charge is -2.13. The van der Waals surface area contributed by atoms with Crippen molar-refractivity contribution >= 4 is 23.2 Å². The standard InChI is InChI=1S/C22H24N4O2/c1-13-6-7-19(28-5)18(12-13)24-21(27)17-8-9-23-22(25-17)26-20-15(3)10-14(2)11-16(20)4/h6-12H,1-5H3,(H,24,27)(H,23,25,26). The SMILES string of the molecule is COc1ccc(C)cc1NC(=O)c1ccnc(Nc2c(C)cc(C)cc2C)n1. The van der Waals surface area contributed by atoms with Gasteiger partial charge in [0.2, 0.25) is 5.95 Å². The average molecular weight is 376 g/mol. The van der Waals surface area contributed by atoms with Crippen LogP contribution in [-0.2, 0) is 0 Å². The van der Waals surface area contributed by atoms with E-state index >= 15 is 0 Å². The first-order valence-corrected chi connectivity index (χ1v) is 9.01. The van der Waals surface area contributed by atoms with Gasteiger partial charge in [0.25, 0.3) is 5.91 Å². The molecule has 0 aliphatic rings. The maximum Gasteiger partial charge on any atom is 0.274 e. The van der Waals surface area contributed by atoms with Gasteiger partial charge >= 0.3 is 0 Å². The van der Waals surface area contributed by atoms with Gasteiger partial charge in [-0.25, -0.2) is 9.97 Å². The van der Waals surface area contributed by atoms with Gasteiger partial charge in [-0.3, -0.25) is 4.79 Å². The minimum atomic E-state index is -0.327. The number of anilines is 3. The van der Waals surface area contributed by atoms with Crippen LogP contribution in [0.5, 0.6) is 5.75 Å². The number of carbonyl (C=O) groups excluding carboxylic acids is 1. The first-order chi connectivity index (χ1) is 13.4. The third-order valence-corrected chi connectivity index (χ3v) is 4.41. The third kappa shape index (κ3) is 4.28. The molecule has 0 bridgehead atoms. The summed E-state index contributed by atoms with van der Waals surface area (Å²) in [5.41, 5.74) is 6.23. The van der Waals surface area contributed by atoms with Gasteiger partial charge in [0.05, 0.1) is 12.8 Å². The fourth-order valence-electron chi connectivity index (χ4n) is 3.14. The Balaban J connectivity index is 1.84. The van der Waals surface area contributed by atoms with Crippen molar-refractivity contribution in [2.45, 2.75) is 27.7 Å². The van der Waals surface area contributed by atoms with Gasteiger partial charge in [-0.15, -0.1) is 0 Å². The highest BCUT2D eigenvalue weighted by molar-refractivity contribution is 6.03. The van der Waals surface area contributed by atoms with E-state index in [4.69, 9.17) is 4.74 Å². The molecule has 2 aromatic carbocycles. The van der Waals surface area contributed by atoms with Crippen molar-refractivity contribution in [2.75, 3.05) is 17.7 Å². The van der Waals surface area contributed by atoms with E-state index in [0.29, 0.717) is 17.4 Å². The second kappa shape index (κ2) is 8.08. The molecule has 0 fully saturated rings. The molecular formula is C22H24N4O2.